The number of amides is 3. The molecule has 0 bridgehead atoms. The van der Waals surface area contributed by atoms with Gasteiger partial charge in [-0.15, -0.1) is 11.3 Å². The van der Waals surface area contributed by atoms with E-state index in [4.69, 9.17) is 9.94 Å². The molecule has 0 radical (unpaired) electrons. The molecule has 15 heteroatoms. The summed E-state index contributed by atoms with van der Waals surface area (Å²) >= 11 is 1.44. The van der Waals surface area contributed by atoms with E-state index in [1.807, 2.05) is 49.6 Å². The molecule has 1 heterocycles. The summed E-state index contributed by atoms with van der Waals surface area (Å²) in [5.74, 6) is -0.635. The van der Waals surface area contributed by atoms with Crippen LogP contribution in [-0.2, 0) is 39.1 Å². The number of carbonyl (C=O) groups excluding carboxylic acids is 2. The molecule has 0 spiro atoms. The van der Waals surface area contributed by atoms with Crippen molar-refractivity contribution in [2.45, 2.75) is 75.8 Å². The van der Waals surface area contributed by atoms with Crippen LogP contribution in [0.2, 0.25) is 0 Å². The van der Waals surface area contributed by atoms with Crippen LogP contribution in [-0.4, -0.2) is 96.5 Å². The van der Waals surface area contributed by atoms with Crippen molar-refractivity contribution >= 4 is 39.5 Å². The summed E-state index contributed by atoms with van der Waals surface area (Å²) < 4.78 is 34.3. The number of carbonyl (C=O) groups is 2. The number of nitrogens with zero attached hydrogens (tertiary/aromatic N) is 4. The van der Waals surface area contributed by atoms with Gasteiger partial charge in [-0.3, -0.25) is 4.79 Å². The van der Waals surface area contributed by atoms with Gasteiger partial charge in [0, 0.05) is 32.6 Å². The van der Waals surface area contributed by atoms with Crippen molar-refractivity contribution in [2.24, 2.45) is 17.0 Å². The number of benzene rings is 2. The second-order valence-corrected chi connectivity index (χ2v) is 15.9. The summed E-state index contributed by atoms with van der Waals surface area (Å²) in [7, 11) is -0.830. The lowest BCUT2D eigenvalue weighted by molar-refractivity contribution is -0.125. The van der Waals surface area contributed by atoms with Crippen LogP contribution in [0.3, 0.4) is 0 Å². The second-order valence-electron chi connectivity index (χ2n) is 13.0. The minimum Gasteiger partial charge on any atom is -0.411 e. The number of oxime groups is 1. The highest BCUT2D eigenvalue weighted by atomic mass is 32.2. The summed E-state index contributed by atoms with van der Waals surface area (Å²) in [5, 5.41) is 32.0. The van der Waals surface area contributed by atoms with Gasteiger partial charge in [-0.05, 0) is 54.4 Å². The lowest BCUT2D eigenvalue weighted by Crippen LogP contribution is -2.58. The lowest BCUT2D eigenvalue weighted by Gasteiger charge is -2.35. The summed E-state index contributed by atoms with van der Waals surface area (Å²) in [6, 6.07) is 13.0. The Morgan fingerprint density at radius 2 is 1.82 bits per heavy atom. The van der Waals surface area contributed by atoms with Gasteiger partial charge in [0.1, 0.15) is 11.0 Å². The average molecular weight is 729 g/mol. The monoisotopic (exact) mass is 728 g/mol. The number of sulfonamides is 1. The van der Waals surface area contributed by atoms with E-state index in [0.29, 0.717) is 17.9 Å². The average Bonchev–Trinajstić information content (AvgIpc) is 3.51. The molecular weight excluding hydrogens is 681 g/mol. The largest absolute Gasteiger partial charge is 0.411 e. The number of aliphatic hydroxyl groups excluding tert-OH is 1. The van der Waals surface area contributed by atoms with Crippen molar-refractivity contribution < 1.29 is 33.1 Å². The zero-order valence-electron chi connectivity index (χ0n) is 28.9. The quantitative estimate of drug-likeness (QED) is 0.0869. The summed E-state index contributed by atoms with van der Waals surface area (Å²) in [4.78, 5) is 33.1. The van der Waals surface area contributed by atoms with E-state index in [1.54, 1.807) is 14.2 Å². The number of urea groups is 1. The van der Waals surface area contributed by atoms with Gasteiger partial charge in [0.15, 0.2) is 0 Å². The molecule has 272 valence electrons. The van der Waals surface area contributed by atoms with Gasteiger partial charge in [-0.25, -0.2) is 18.2 Å². The van der Waals surface area contributed by atoms with E-state index < -0.39 is 40.1 Å². The second kappa shape index (κ2) is 18.4. The number of rotatable bonds is 18. The van der Waals surface area contributed by atoms with E-state index in [-0.39, 0.29) is 42.8 Å². The van der Waals surface area contributed by atoms with Crippen LogP contribution in [0.25, 0.3) is 0 Å². The molecule has 3 atom stereocenters. The Bertz CT molecular complexity index is 1660. The first-order chi connectivity index (χ1) is 23.9. The Morgan fingerprint density at radius 3 is 2.42 bits per heavy atom. The fourth-order valence-corrected chi connectivity index (χ4v) is 7.93. The maximum Gasteiger partial charge on any atom is 0.318 e. The Labute approximate surface area is 298 Å². The first-order valence-corrected chi connectivity index (χ1v) is 19.0. The highest BCUT2D eigenvalue weighted by Gasteiger charge is 2.35. The van der Waals surface area contributed by atoms with Crippen LogP contribution in [0.15, 0.2) is 70.0 Å². The van der Waals surface area contributed by atoms with Crippen LogP contribution >= 0.6 is 11.3 Å². The molecule has 3 amide bonds. The molecular formula is C35H48N6O7S2. The van der Waals surface area contributed by atoms with Gasteiger partial charge < -0.3 is 30.6 Å². The maximum absolute atomic E-state index is 13.9. The van der Waals surface area contributed by atoms with E-state index in [9.17, 15) is 23.1 Å². The molecule has 2 aromatic carbocycles. The molecule has 1 fully saturated rings. The SMILES string of the molecule is COCc1nc(CN(C)C(=O)N[C@H](C(=O)N[C@@H](Cc2ccccc2)[C@H](O)CN(CC2CCC2)S(=O)(=O)c2ccc(C=NO)cc2)C(C)C)cs1. The minimum absolute atomic E-state index is 0.0436. The van der Waals surface area contributed by atoms with Crippen molar-refractivity contribution in [1.82, 2.24) is 24.8 Å². The van der Waals surface area contributed by atoms with Crippen LogP contribution in [0, 0.1) is 11.8 Å². The zero-order valence-corrected chi connectivity index (χ0v) is 30.6. The fourth-order valence-electron chi connectivity index (χ4n) is 5.64. The third-order valence-corrected chi connectivity index (χ3v) is 11.5. The maximum atomic E-state index is 13.9. The normalized spacial score (nSPS) is 15.5. The molecule has 1 saturated carbocycles. The number of aliphatic hydroxyl groups is 1. The molecule has 1 aliphatic rings. The van der Waals surface area contributed by atoms with E-state index in [2.05, 4.69) is 20.8 Å². The topological polar surface area (TPSA) is 174 Å². The molecule has 0 aliphatic heterocycles. The van der Waals surface area contributed by atoms with Crippen molar-refractivity contribution in [1.29, 1.82) is 0 Å². The Kier molecular flexibility index (Phi) is 14.3. The highest BCUT2D eigenvalue weighted by molar-refractivity contribution is 7.89. The molecule has 50 heavy (non-hydrogen) atoms. The van der Waals surface area contributed by atoms with Crippen LogP contribution < -0.4 is 10.6 Å². The summed E-state index contributed by atoms with van der Waals surface area (Å²) in [6.07, 6.45) is 2.93. The summed E-state index contributed by atoms with van der Waals surface area (Å²) in [5.41, 5.74) is 2.07. The van der Waals surface area contributed by atoms with Crippen molar-refractivity contribution in [3.8, 4) is 0 Å². The Hall–Kier alpha value is -3.89. The number of ether oxygens (including phenoxy) is 1. The molecule has 13 nitrogen and oxygen atoms in total. The number of nitrogens with one attached hydrogen (secondary N) is 2. The smallest absolute Gasteiger partial charge is 0.318 e. The van der Waals surface area contributed by atoms with Crippen molar-refractivity contribution in [3.63, 3.8) is 0 Å². The first-order valence-electron chi connectivity index (χ1n) is 16.6. The number of aromatic nitrogens is 1. The molecule has 0 saturated heterocycles. The number of methoxy groups -OCH3 is 1. The van der Waals surface area contributed by atoms with Gasteiger partial charge >= 0.3 is 6.03 Å². The predicted octanol–water partition coefficient (Wildman–Crippen LogP) is 3.84. The standard InChI is InChI=1S/C35H48N6O7S2/c1-24(2)33(39-35(44)40(3)20-28-23-49-32(37-28)22-48-4)34(43)38-30(17-25-9-6-5-7-10-25)31(42)21-41(19-27-11-8-12-27)50(46,47)29-15-13-26(14-16-29)18-36-45/h5-7,9-10,13-16,18,23-24,27,30-31,33,42,45H,8,11-12,17,19-22H2,1-4H3,(H,38,43)(H,39,44)/t30-,31+,33-/m0/s1. The van der Waals surface area contributed by atoms with Gasteiger partial charge in [0.25, 0.3) is 0 Å². The zero-order chi connectivity index (χ0) is 36.3. The predicted molar refractivity (Wildman–Crippen MR) is 191 cm³/mol. The molecule has 1 aliphatic carbocycles. The molecule has 4 rings (SSSR count). The Balaban J connectivity index is 1.52. The van der Waals surface area contributed by atoms with Gasteiger partial charge in [0.05, 0.1) is 42.1 Å². The molecule has 0 unspecified atom stereocenters. The van der Waals surface area contributed by atoms with E-state index >= 15 is 0 Å². The van der Waals surface area contributed by atoms with Gasteiger partial charge in [0.2, 0.25) is 15.9 Å². The van der Waals surface area contributed by atoms with Crippen molar-refractivity contribution in [3.05, 3.63) is 81.8 Å². The summed E-state index contributed by atoms with van der Waals surface area (Å²) in [6.45, 7) is 4.22. The number of hydrogen-bond acceptors (Lipinski definition) is 10. The van der Waals surface area contributed by atoms with Crippen LogP contribution in [0.5, 0.6) is 0 Å². The van der Waals surface area contributed by atoms with E-state index in [1.165, 1.54) is 51.0 Å². The fraction of sp³-hybridized carbons (Fsp3) is 0.486. The molecule has 3 aromatic rings. The van der Waals surface area contributed by atoms with Gasteiger partial charge in [-0.1, -0.05) is 67.9 Å². The Morgan fingerprint density at radius 1 is 1.12 bits per heavy atom. The number of thiazole rings is 1. The third kappa shape index (κ3) is 10.8. The molecule has 1 aromatic heterocycles. The van der Waals surface area contributed by atoms with Crippen molar-refractivity contribution in [2.75, 3.05) is 27.2 Å². The van der Waals surface area contributed by atoms with Crippen LogP contribution in [0.1, 0.15) is 54.9 Å². The van der Waals surface area contributed by atoms with E-state index in [0.717, 1.165) is 29.8 Å². The minimum atomic E-state index is -4.04. The molecule has 4 N–H and O–H groups in total. The number of hydrogen-bond donors (Lipinski definition) is 4. The first kappa shape index (κ1) is 38.9. The van der Waals surface area contributed by atoms with Gasteiger partial charge in [-0.2, -0.15) is 4.31 Å². The third-order valence-electron chi connectivity index (χ3n) is 8.73. The lowest BCUT2D eigenvalue weighted by atomic mass is 9.85. The highest BCUT2D eigenvalue weighted by Crippen LogP contribution is 2.30. The van der Waals surface area contributed by atoms with Crippen LogP contribution in [0.4, 0.5) is 4.79 Å².